The number of alkyl halides is 5. The molecule has 0 saturated heterocycles. The normalized spacial score (nSPS) is 34.7. The summed E-state index contributed by atoms with van der Waals surface area (Å²) in [6.07, 6.45) is -3.38. The van der Waals surface area contributed by atoms with Crippen LogP contribution < -0.4 is 10.1 Å². The van der Waals surface area contributed by atoms with Gasteiger partial charge in [-0.05, 0) is 62.5 Å². The first-order valence-corrected chi connectivity index (χ1v) is 9.42. The van der Waals surface area contributed by atoms with E-state index in [4.69, 9.17) is 11.6 Å². The lowest BCUT2D eigenvalue weighted by molar-refractivity contribution is -0.253. The number of nitrogens with one attached hydrogen (secondary N) is 1. The summed E-state index contributed by atoms with van der Waals surface area (Å²) in [7, 11) is 0. The van der Waals surface area contributed by atoms with Crippen molar-refractivity contribution in [2.75, 3.05) is 5.32 Å². The molecule has 2 atom stereocenters. The van der Waals surface area contributed by atoms with Crippen LogP contribution >= 0.6 is 11.6 Å². The van der Waals surface area contributed by atoms with Gasteiger partial charge < -0.3 is 10.1 Å². The molecule has 0 radical (unpaired) electrons. The van der Waals surface area contributed by atoms with Crippen molar-refractivity contribution in [3.05, 3.63) is 24.3 Å². The Labute approximate surface area is 159 Å². The molecular weight excluding hydrogens is 386 g/mol. The van der Waals surface area contributed by atoms with Gasteiger partial charge in [-0.25, -0.2) is 0 Å². The van der Waals surface area contributed by atoms with Crippen LogP contribution in [0, 0.1) is 17.3 Å². The summed E-state index contributed by atoms with van der Waals surface area (Å²) < 4.78 is 54.9. The molecule has 0 spiro atoms. The highest BCUT2D eigenvalue weighted by atomic mass is 35.5. The number of amides is 1. The second kappa shape index (κ2) is 6.26. The van der Waals surface area contributed by atoms with Gasteiger partial charge in [0.1, 0.15) is 5.75 Å². The highest BCUT2D eigenvalue weighted by Crippen LogP contribution is 2.64. The van der Waals surface area contributed by atoms with Crippen LogP contribution in [0.3, 0.4) is 0 Å². The number of hydrogen-bond acceptors (Lipinski definition) is 2. The maximum absolute atomic E-state index is 13.1. The van der Waals surface area contributed by atoms with E-state index in [2.05, 4.69) is 10.1 Å². The zero-order valence-electron chi connectivity index (χ0n) is 14.5. The van der Waals surface area contributed by atoms with Crippen LogP contribution in [0.5, 0.6) is 5.75 Å². The molecule has 0 unspecified atom stereocenters. The Morgan fingerprint density at radius 1 is 1.22 bits per heavy atom. The molecule has 8 heteroatoms. The third kappa shape index (κ3) is 3.50. The van der Waals surface area contributed by atoms with Crippen molar-refractivity contribution in [1.29, 1.82) is 0 Å². The highest BCUT2D eigenvalue weighted by Gasteiger charge is 2.60. The van der Waals surface area contributed by atoms with Gasteiger partial charge in [0.25, 0.3) is 0 Å². The van der Waals surface area contributed by atoms with Crippen molar-refractivity contribution in [3.63, 3.8) is 0 Å². The number of rotatable bonds is 5. The minimum absolute atomic E-state index is 0.181. The molecule has 4 bridgehead atoms. The van der Waals surface area contributed by atoms with Crippen LogP contribution in [0.4, 0.5) is 23.2 Å². The number of carbonyl (C=O) groups excluding carboxylic acids is 1. The van der Waals surface area contributed by atoms with Crippen molar-refractivity contribution in [2.45, 2.75) is 55.9 Å². The molecule has 4 saturated carbocycles. The molecule has 0 heterocycles. The number of benzene rings is 1. The average Bonchev–Trinajstić information content (AvgIpc) is 2.52. The lowest BCUT2D eigenvalue weighted by Gasteiger charge is -2.59. The molecular formula is C19H20ClF4NO2. The summed E-state index contributed by atoms with van der Waals surface area (Å²) >= 11 is 6.74. The first kappa shape index (κ1) is 18.8. The van der Waals surface area contributed by atoms with Crippen LogP contribution in [0.1, 0.15) is 38.5 Å². The van der Waals surface area contributed by atoms with Crippen LogP contribution in [-0.4, -0.2) is 23.3 Å². The lowest BCUT2D eigenvalue weighted by atomic mass is 9.49. The zero-order chi connectivity index (χ0) is 19.4. The van der Waals surface area contributed by atoms with E-state index < -0.39 is 23.7 Å². The quantitative estimate of drug-likeness (QED) is 0.523. The molecule has 4 fully saturated rings. The summed E-state index contributed by atoms with van der Waals surface area (Å²) in [6.45, 7) is 0. The molecule has 1 amide bonds. The Balaban J connectivity index is 1.50. The molecule has 3 nitrogen and oxygen atoms in total. The van der Waals surface area contributed by atoms with E-state index in [0.717, 1.165) is 44.2 Å². The molecule has 0 aliphatic heterocycles. The smallest absolute Gasteiger partial charge is 0.428 e. The second-order valence-electron chi connectivity index (χ2n) is 8.34. The Kier molecular flexibility index (Phi) is 4.37. The number of carbonyl (C=O) groups is 1. The van der Waals surface area contributed by atoms with Crippen LogP contribution in [0.2, 0.25) is 0 Å². The van der Waals surface area contributed by atoms with Crippen LogP contribution in [-0.2, 0) is 4.79 Å². The summed E-state index contributed by atoms with van der Waals surface area (Å²) in [6, 6.07) is 5.16. The minimum atomic E-state index is -4.59. The van der Waals surface area contributed by atoms with Gasteiger partial charge in [-0.3, -0.25) is 4.79 Å². The van der Waals surface area contributed by atoms with Crippen molar-refractivity contribution >= 4 is 23.2 Å². The Hall–Kier alpha value is -1.50. The Morgan fingerprint density at radius 2 is 1.89 bits per heavy atom. The van der Waals surface area contributed by atoms with Gasteiger partial charge in [0.15, 0.2) is 0 Å². The monoisotopic (exact) mass is 405 g/mol. The van der Waals surface area contributed by atoms with Crippen molar-refractivity contribution in [1.82, 2.24) is 0 Å². The van der Waals surface area contributed by atoms with Crippen LogP contribution in [0.25, 0.3) is 0 Å². The molecule has 0 aromatic heterocycles. The Morgan fingerprint density at radius 3 is 2.48 bits per heavy atom. The van der Waals surface area contributed by atoms with E-state index in [9.17, 15) is 22.4 Å². The van der Waals surface area contributed by atoms with Crippen molar-refractivity contribution < 1.29 is 27.1 Å². The summed E-state index contributed by atoms with van der Waals surface area (Å²) in [5.41, 5.74) is -0.308. The third-order valence-corrected chi connectivity index (χ3v) is 6.51. The zero-order valence-corrected chi connectivity index (χ0v) is 15.2. The van der Waals surface area contributed by atoms with Gasteiger partial charge in [0.2, 0.25) is 5.91 Å². The minimum Gasteiger partial charge on any atom is -0.428 e. The molecule has 1 N–H and O–H groups in total. The fraction of sp³-hybridized carbons (Fsp3) is 0.632. The van der Waals surface area contributed by atoms with E-state index in [1.165, 1.54) is 12.1 Å². The van der Waals surface area contributed by atoms with Gasteiger partial charge in [0.05, 0.1) is 5.41 Å². The molecule has 1 aromatic carbocycles. The second-order valence-corrected chi connectivity index (χ2v) is 9.14. The van der Waals surface area contributed by atoms with Gasteiger partial charge in [-0.2, -0.15) is 17.6 Å². The van der Waals surface area contributed by atoms with E-state index in [1.54, 1.807) is 0 Å². The van der Waals surface area contributed by atoms with Crippen molar-refractivity contribution in [3.8, 4) is 5.75 Å². The Bertz CT molecular complexity index is 743. The van der Waals surface area contributed by atoms with E-state index in [0.29, 0.717) is 18.3 Å². The number of hydrogen-bond donors (Lipinski definition) is 1. The summed E-state index contributed by atoms with van der Waals surface area (Å²) in [5, 5.41) is 2.76. The SMILES string of the molecule is O=C(Nc1cccc(OC(F)(F)C(F)F)c1)C12C[C@@H]3C[C@H](CC(Cl)(C3)C1)C2. The van der Waals surface area contributed by atoms with E-state index in [-0.39, 0.29) is 16.5 Å². The van der Waals surface area contributed by atoms with Crippen LogP contribution in [0.15, 0.2) is 24.3 Å². The van der Waals surface area contributed by atoms with Crippen molar-refractivity contribution in [2.24, 2.45) is 17.3 Å². The first-order chi connectivity index (χ1) is 12.6. The largest absolute Gasteiger partial charge is 0.461 e. The van der Waals surface area contributed by atoms with E-state index >= 15 is 0 Å². The number of halogens is 5. The molecule has 5 rings (SSSR count). The number of anilines is 1. The van der Waals surface area contributed by atoms with Gasteiger partial charge in [-0.1, -0.05) is 6.07 Å². The maximum Gasteiger partial charge on any atom is 0.461 e. The molecule has 27 heavy (non-hydrogen) atoms. The standard InChI is InChI=1S/C19H20ClF4NO2/c20-18-8-11-4-12(9-18)7-17(6-11,10-18)16(26)25-13-2-1-3-14(5-13)27-19(23,24)15(21)22/h1-3,5,11-12,15H,4,6-10H2,(H,25,26)/t11-,12-,17?,18?/m0/s1. The van der Waals surface area contributed by atoms with Gasteiger partial charge in [0, 0.05) is 16.6 Å². The summed E-state index contributed by atoms with van der Waals surface area (Å²) in [4.78, 5) is 12.7. The van der Waals surface area contributed by atoms with Gasteiger partial charge in [-0.15, -0.1) is 11.6 Å². The highest BCUT2D eigenvalue weighted by molar-refractivity contribution is 6.24. The van der Waals surface area contributed by atoms with E-state index in [1.807, 2.05) is 0 Å². The molecule has 4 aliphatic rings. The lowest BCUT2D eigenvalue weighted by Crippen LogP contribution is -2.57. The topological polar surface area (TPSA) is 38.3 Å². The molecule has 1 aromatic rings. The van der Waals surface area contributed by atoms with Gasteiger partial charge >= 0.3 is 12.5 Å². The first-order valence-electron chi connectivity index (χ1n) is 9.05. The fourth-order valence-corrected chi connectivity index (χ4v) is 6.21. The predicted molar refractivity (Wildman–Crippen MR) is 92.3 cm³/mol. The average molecular weight is 406 g/mol. The maximum atomic E-state index is 13.1. The predicted octanol–water partition coefficient (Wildman–Crippen LogP) is 5.44. The fourth-order valence-electron chi connectivity index (χ4n) is 5.52. The molecule has 4 aliphatic carbocycles. The summed E-state index contributed by atoms with van der Waals surface area (Å²) in [5.74, 6) is 0.264. The number of ether oxygens (including phenoxy) is 1. The third-order valence-electron chi connectivity index (χ3n) is 6.07. The molecule has 148 valence electrons.